The van der Waals surface area contributed by atoms with Crippen LogP contribution in [0.1, 0.15) is 5.56 Å². The molecule has 0 bridgehead atoms. The first kappa shape index (κ1) is 19.8. The van der Waals surface area contributed by atoms with E-state index in [2.05, 4.69) is 4.98 Å². The molecule has 0 N–H and O–H groups in total. The van der Waals surface area contributed by atoms with E-state index in [1.54, 1.807) is 34.1 Å². The summed E-state index contributed by atoms with van der Waals surface area (Å²) in [7, 11) is 0. The Labute approximate surface area is 167 Å². The van der Waals surface area contributed by atoms with E-state index in [4.69, 9.17) is 16.3 Å². The Kier molecular flexibility index (Phi) is 6.60. The van der Waals surface area contributed by atoms with Crippen LogP contribution in [0, 0.1) is 5.82 Å². The molecule has 1 aromatic carbocycles. The Bertz CT molecular complexity index is 865. The van der Waals surface area contributed by atoms with Gasteiger partial charge in [0.1, 0.15) is 11.6 Å². The SMILES string of the molecule is O=C(/C=C/c1cncc(F)c1)N1CCN(C(=O)COc2ccc(Cl)cc2)CC1. The maximum atomic E-state index is 13.1. The van der Waals surface area contributed by atoms with Crippen molar-refractivity contribution in [3.63, 3.8) is 0 Å². The monoisotopic (exact) mass is 403 g/mol. The highest BCUT2D eigenvalue weighted by atomic mass is 35.5. The Morgan fingerprint density at radius 3 is 2.46 bits per heavy atom. The van der Waals surface area contributed by atoms with E-state index in [-0.39, 0.29) is 18.4 Å². The highest BCUT2D eigenvalue weighted by molar-refractivity contribution is 6.30. The molecule has 0 unspecified atom stereocenters. The van der Waals surface area contributed by atoms with Crippen LogP contribution >= 0.6 is 11.6 Å². The minimum atomic E-state index is -0.456. The Morgan fingerprint density at radius 1 is 1.11 bits per heavy atom. The highest BCUT2D eigenvalue weighted by Crippen LogP contribution is 2.15. The largest absolute Gasteiger partial charge is 0.484 e. The standard InChI is InChI=1S/C20H19ClFN3O3/c21-16-2-4-18(5-3-16)28-14-20(27)25-9-7-24(8-10-25)19(26)6-1-15-11-17(22)13-23-12-15/h1-6,11-13H,7-10,14H2/b6-1+. The lowest BCUT2D eigenvalue weighted by molar-refractivity contribution is -0.138. The first-order valence-electron chi connectivity index (χ1n) is 8.75. The van der Waals surface area contributed by atoms with Gasteiger partial charge in [0.05, 0.1) is 6.20 Å². The molecule has 0 atom stereocenters. The predicted octanol–water partition coefficient (Wildman–Crippen LogP) is 2.64. The molecule has 6 nitrogen and oxygen atoms in total. The molecule has 2 heterocycles. The normalized spacial score (nSPS) is 14.4. The molecular formula is C20H19ClFN3O3. The zero-order valence-corrected chi connectivity index (χ0v) is 15.8. The lowest BCUT2D eigenvalue weighted by atomic mass is 10.2. The second kappa shape index (κ2) is 9.32. The van der Waals surface area contributed by atoms with Crippen molar-refractivity contribution in [1.29, 1.82) is 0 Å². The van der Waals surface area contributed by atoms with Crippen molar-refractivity contribution >= 4 is 29.5 Å². The van der Waals surface area contributed by atoms with Crippen molar-refractivity contribution in [1.82, 2.24) is 14.8 Å². The van der Waals surface area contributed by atoms with Crippen molar-refractivity contribution in [2.45, 2.75) is 0 Å². The van der Waals surface area contributed by atoms with Crippen LogP contribution < -0.4 is 4.74 Å². The van der Waals surface area contributed by atoms with E-state index in [0.29, 0.717) is 42.5 Å². The van der Waals surface area contributed by atoms with Crippen LogP contribution in [0.5, 0.6) is 5.75 Å². The maximum Gasteiger partial charge on any atom is 0.260 e. The van der Waals surface area contributed by atoms with Crippen molar-refractivity contribution in [2.24, 2.45) is 0 Å². The number of amides is 2. The van der Waals surface area contributed by atoms with Crippen LogP contribution in [-0.4, -0.2) is 59.4 Å². The Balaban J connectivity index is 1.44. The van der Waals surface area contributed by atoms with Gasteiger partial charge in [-0.15, -0.1) is 0 Å². The van der Waals surface area contributed by atoms with E-state index >= 15 is 0 Å². The minimum Gasteiger partial charge on any atom is -0.484 e. The number of pyridine rings is 1. The van der Waals surface area contributed by atoms with Gasteiger partial charge in [0.25, 0.3) is 5.91 Å². The summed E-state index contributed by atoms with van der Waals surface area (Å²) in [4.78, 5) is 31.6. The molecule has 1 aliphatic heterocycles. The third-order valence-corrected chi connectivity index (χ3v) is 4.52. The fraction of sp³-hybridized carbons (Fsp3) is 0.250. The average molecular weight is 404 g/mol. The van der Waals surface area contributed by atoms with Gasteiger partial charge >= 0.3 is 0 Å². The van der Waals surface area contributed by atoms with Crippen molar-refractivity contribution in [2.75, 3.05) is 32.8 Å². The molecule has 1 fully saturated rings. The Morgan fingerprint density at radius 2 is 1.79 bits per heavy atom. The molecule has 3 rings (SSSR count). The Hall–Kier alpha value is -2.93. The molecule has 146 valence electrons. The van der Waals surface area contributed by atoms with E-state index in [1.807, 2.05) is 0 Å². The summed E-state index contributed by atoms with van der Waals surface area (Å²) in [5.74, 6) is -0.205. The number of carbonyl (C=O) groups excluding carboxylic acids is 2. The summed E-state index contributed by atoms with van der Waals surface area (Å²) < 4.78 is 18.6. The fourth-order valence-corrected chi connectivity index (χ4v) is 2.86. The molecule has 28 heavy (non-hydrogen) atoms. The molecule has 0 spiro atoms. The van der Waals surface area contributed by atoms with Crippen LogP contribution in [0.15, 0.2) is 48.8 Å². The fourth-order valence-electron chi connectivity index (χ4n) is 2.74. The van der Waals surface area contributed by atoms with Gasteiger partial charge in [0.2, 0.25) is 5.91 Å². The van der Waals surface area contributed by atoms with Gasteiger partial charge in [-0.2, -0.15) is 0 Å². The third-order valence-electron chi connectivity index (χ3n) is 4.26. The number of rotatable bonds is 5. The summed E-state index contributed by atoms with van der Waals surface area (Å²) in [6.45, 7) is 1.66. The van der Waals surface area contributed by atoms with Gasteiger partial charge in [-0.05, 0) is 42.0 Å². The average Bonchev–Trinajstić information content (AvgIpc) is 2.71. The highest BCUT2D eigenvalue weighted by Gasteiger charge is 2.23. The van der Waals surface area contributed by atoms with Gasteiger partial charge in [-0.3, -0.25) is 14.6 Å². The quantitative estimate of drug-likeness (QED) is 0.720. The number of hydrogen-bond donors (Lipinski definition) is 0. The topological polar surface area (TPSA) is 62.7 Å². The summed E-state index contributed by atoms with van der Waals surface area (Å²) in [6, 6.07) is 8.09. The number of nitrogens with zero attached hydrogens (tertiary/aromatic N) is 3. The van der Waals surface area contributed by atoms with E-state index < -0.39 is 5.82 Å². The van der Waals surface area contributed by atoms with E-state index in [9.17, 15) is 14.0 Å². The number of aromatic nitrogens is 1. The van der Waals surface area contributed by atoms with Crippen LogP contribution in [-0.2, 0) is 9.59 Å². The molecular weight excluding hydrogens is 385 g/mol. The smallest absolute Gasteiger partial charge is 0.260 e. The first-order valence-corrected chi connectivity index (χ1v) is 9.13. The molecule has 0 radical (unpaired) electrons. The molecule has 0 saturated carbocycles. The zero-order chi connectivity index (χ0) is 19.9. The number of piperazine rings is 1. The van der Waals surface area contributed by atoms with Gasteiger partial charge in [-0.1, -0.05) is 11.6 Å². The summed E-state index contributed by atoms with van der Waals surface area (Å²) in [5.41, 5.74) is 0.515. The number of halogens is 2. The van der Waals surface area contributed by atoms with Crippen molar-refractivity contribution in [3.05, 3.63) is 65.2 Å². The van der Waals surface area contributed by atoms with Crippen molar-refractivity contribution < 1.29 is 18.7 Å². The molecule has 8 heteroatoms. The number of carbonyl (C=O) groups is 2. The zero-order valence-electron chi connectivity index (χ0n) is 15.1. The molecule has 1 aliphatic rings. The number of hydrogen-bond acceptors (Lipinski definition) is 4. The van der Waals surface area contributed by atoms with E-state index in [0.717, 1.165) is 6.20 Å². The van der Waals surface area contributed by atoms with E-state index in [1.165, 1.54) is 24.4 Å². The van der Waals surface area contributed by atoms with Gasteiger partial charge in [0, 0.05) is 43.5 Å². The second-order valence-corrected chi connectivity index (χ2v) is 6.65. The van der Waals surface area contributed by atoms with Crippen LogP contribution in [0.25, 0.3) is 6.08 Å². The van der Waals surface area contributed by atoms with Gasteiger partial charge in [-0.25, -0.2) is 4.39 Å². The molecule has 0 aliphatic carbocycles. The second-order valence-electron chi connectivity index (χ2n) is 6.22. The number of ether oxygens (including phenoxy) is 1. The van der Waals surface area contributed by atoms with Crippen LogP contribution in [0.4, 0.5) is 4.39 Å². The summed E-state index contributed by atoms with van der Waals surface area (Å²) in [5, 5.41) is 0.599. The molecule has 2 amide bonds. The molecule has 1 aromatic heterocycles. The minimum absolute atomic E-state index is 0.0674. The van der Waals surface area contributed by atoms with Gasteiger partial charge < -0.3 is 14.5 Å². The molecule has 1 saturated heterocycles. The predicted molar refractivity (Wildman–Crippen MR) is 103 cm³/mol. The lowest BCUT2D eigenvalue weighted by Crippen LogP contribution is -2.51. The summed E-state index contributed by atoms with van der Waals surface area (Å²) in [6.07, 6.45) is 5.49. The van der Waals surface area contributed by atoms with Crippen molar-refractivity contribution in [3.8, 4) is 5.75 Å². The molecule has 2 aromatic rings. The van der Waals surface area contributed by atoms with Gasteiger partial charge in [0.15, 0.2) is 6.61 Å². The number of benzene rings is 1. The first-order chi connectivity index (χ1) is 13.5. The lowest BCUT2D eigenvalue weighted by Gasteiger charge is -2.34. The maximum absolute atomic E-state index is 13.1. The summed E-state index contributed by atoms with van der Waals surface area (Å²) >= 11 is 5.81. The third kappa shape index (κ3) is 5.53. The van der Waals surface area contributed by atoms with Crippen LogP contribution in [0.2, 0.25) is 5.02 Å². The van der Waals surface area contributed by atoms with Crippen LogP contribution in [0.3, 0.4) is 0 Å².